The van der Waals surface area contributed by atoms with Gasteiger partial charge in [0.25, 0.3) is 0 Å². The van der Waals surface area contributed by atoms with Crippen LogP contribution in [0.4, 0.5) is 10.1 Å². The molecule has 0 amide bonds. The molecule has 0 bridgehead atoms. The Bertz CT molecular complexity index is 456. The van der Waals surface area contributed by atoms with Crippen molar-refractivity contribution in [2.45, 2.75) is 46.6 Å². The first kappa shape index (κ1) is 16.5. The van der Waals surface area contributed by atoms with E-state index in [0.29, 0.717) is 12.5 Å². The van der Waals surface area contributed by atoms with E-state index >= 15 is 0 Å². The molecular weight excluding hydrogens is 257 g/mol. The van der Waals surface area contributed by atoms with Crippen molar-refractivity contribution in [2.75, 3.05) is 11.4 Å². The van der Waals surface area contributed by atoms with E-state index in [2.05, 4.69) is 13.8 Å². The van der Waals surface area contributed by atoms with Crippen molar-refractivity contribution in [3.63, 3.8) is 0 Å². The Kier molecular flexibility index (Phi) is 5.99. The molecular formula is C16H24FNO2. The van der Waals surface area contributed by atoms with Gasteiger partial charge in [-0.1, -0.05) is 33.8 Å². The molecule has 1 aromatic carbocycles. The maximum atomic E-state index is 14.2. The summed E-state index contributed by atoms with van der Waals surface area (Å²) >= 11 is 0. The number of nitrogens with zero attached hydrogens (tertiary/aromatic N) is 1. The summed E-state index contributed by atoms with van der Waals surface area (Å²) in [6.07, 6.45) is 1.72. The highest BCUT2D eigenvalue weighted by Gasteiger charge is 2.25. The summed E-state index contributed by atoms with van der Waals surface area (Å²) in [4.78, 5) is 13.3. The number of halogens is 1. The van der Waals surface area contributed by atoms with Crippen LogP contribution in [0.3, 0.4) is 0 Å². The molecule has 0 radical (unpaired) electrons. The highest BCUT2D eigenvalue weighted by atomic mass is 19.1. The zero-order chi connectivity index (χ0) is 15.3. The van der Waals surface area contributed by atoms with Crippen LogP contribution in [-0.4, -0.2) is 23.7 Å². The minimum atomic E-state index is -1.08. The molecule has 0 spiro atoms. The first-order valence-corrected chi connectivity index (χ1v) is 7.20. The molecule has 0 aliphatic carbocycles. The number of benzene rings is 1. The molecule has 1 N–H and O–H groups in total. The highest BCUT2D eigenvalue weighted by molar-refractivity contribution is 5.94. The molecule has 1 aromatic rings. The van der Waals surface area contributed by atoms with E-state index < -0.39 is 11.8 Å². The Hall–Kier alpha value is -1.58. The highest BCUT2D eigenvalue weighted by Crippen LogP contribution is 2.29. The lowest BCUT2D eigenvalue weighted by Gasteiger charge is -2.35. The lowest BCUT2D eigenvalue weighted by atomic mass is 10.0. The second-order valence-corrected chi connectivity index (χ2v) is 5.46. The topological polar surface area (TPSA) is 40.5 Å². The van der Waals surface area contributed by atoms with E-state index in [1.165, 1.54) is 18.2 Å². The van der Waals surface area contributed by atoms with Crippen LogP contribution >= 0.6 is 0 Å². The molecule has 0 fully saturated rings. The number of para-hydroxylation sites is 1. The van der Waals surface area contributed by atoms with Crippen LogP contribution in [0.5, 0.6) is 0 Å². The lowest BCUT2D eigenvalue weighted by molar-refractivity contribution is 0.0697. The predicted molar refractivity (Wildman–Crippen MR) is 79.9 cm³/mol. The first-order chi connectivity index (χ1) is 9.42. The first-order valence-electron chi connectivity index (χ1n) is 7.20. The second kappa shape index (κ2) is 7.27. The van der Waals surface area contributed by atoms with Gasteiger partial charge in [-0.3, -0.25) is 0 Å². The van der Waals surface area contributed by atoms with Crippen LogP contribution in [0.2, 0.25) is 0 Å². The quantitative estimate of drug-likeness (QED) is 0.815. The third kappa shape index (κ3) is 3.71. The number of anilines is 1. The molecule has 20 heavy (non-hydrogen) atoms. The Morgan fingerprint density at radius 2 is 1.90 bits per heavy atom. The molecule has 0 heterocycles. The number of aromatic carboxylic acids is 1. The largest absolute Gasteiger partial charge is 0.478 e. The third-order valence-corrected chi connectivity index (χ3v) is 3.45. The van der Waals surface area contributed by atoms with E-state index in [9.17, 15) is 14.3 Å². The maximum absolute atomic E-state index is 14.2. The molecule has 1 rings (SSSR count). The van der Waals surface area contributed by atoms with Gasteiger partial charge in [0.2, 0.25) is 0 Å². The van der Waals surface area contributed by atoms with Crippen LogP contribution in [0.1, 0.15) is 50.9 Å². The fourth-order valence-corrected chi connectivity index (χ4v) is 2.53. The normalized spacial score (nSPS) is 11.2. The molecule has 0 aromatic heterocycles. The molecule has 0 aliphatic rings. The van der Waals surface area contributed by atoms with Gasteiger partial charge in [-0.25, -0.2) is 9.18 Å². The minimum absolute atomic E-state index is 0.0394. The lowest BCUT2D eigenvalue weighted by Crippen LogP contribution is -2.39. The number of hydrogen-bond donors (Lipinski definition) is 1. The Morgan fingerprint density at radius 1 is 1.30 bits per heavy atom. The summed E-state index contributed by atoms with van der Waals surface area (Å²) in [5.74, 6) is -1.21. The number of hydrogen-bond acceptors (Lipinski definition) is 2. The van der Waals surface area contributed by atoms with E-state index in [0.717, 1.165) is 12.8 Å². The van der Waals surface area contributed by atoms with E-state index in [1.807, 2.05) is 18.7 Å². The van der Waals surface area contributed by atoms with Crippen LogP contribution in [0.25, 0.3) is 0 Å². The van der Waals surface area contributed by atoms with Gasteiger partial charge in [0.1, 0.15) is 5.82 Å². The van der Waals surface area contributed by atoms with Gasteiger partial charge < -0.3 is 10.0 Å². The maximum Gasteiger partial charge on any atom is 0.337 e. The van der Waals surface area contributed by atoms with Crippen molar-refractivity contribution < 1.29 is 14.3 Å². The number of carboxylic acids is 1. The van der Waals surface area contributed by atoms with Crippen molar-refractivity contribution in [3.8, 4) is 0 Å². The van der Waals surface area contributed by atoms with Crippen LogP contribution in [-0.2, 0) is 0 Å². The van der Waals surface area contributed by atoms with Gasteiger partial charge in [-0.15, -0.1) is 0 Å². The smallest absolute Gasteiger partial charge is 0.337 e. The summed E-state index contributed by atoms with van der Waals surface area (Å²) in [6, 6.07) is 4.39. The summed E-state index contributed by atoms with van der Waals surface area (Å²) < 4.78 is 14.2. The van der Waals surface area contributed by atoms with Crippen molar-refractivity contribution in [1.82, 2.24) is 0 Å². The second-order valence-electron chi connectivity index (χ2n) is 5.46. The molecule has 0 aliphatic heterocycles. The van der Waals surface area contributed by atoms with E-state index in [-0.39, 0.29) is 17.3 Å². The van der Waals surface area contributed by atoms with Gasteiger partial charge in [-0.2, -0.15) is 0 Å². The third-order valence-electron chi connectivity index (χ3n) is 3.45. The van der Waals surface area contributed by atoms with Crippen molar-refractivity contribution in [2.24, 2.45) is 5.92 Å². The Morgan fingerprint density at radius 3 is 2.35 bits per heavy atom. The minimum Gasteiger partial charge on any atom is -0.478 e. The van der Waals surface area contributed by atoms with Gasteiger partial charge >= 0.3 is 5.97 Å². The molecule has 0 atom stereocenters. The van der Waals surface area contributed by atoms with Gasteiger partial charge in [0, 0.05) is 12.6 Å². The van der Waals surface area contributed by atoms with Crippen molar-refractivity contribution >= 4 is 11.7 Å². The molecule has 0 unspecified atom stereocenters. The SMILES string of the molecule is CCC(CC)N(CC(C)C)c1c(F)cccc1C(=O)O. The fourth-order valence-electron chi connectivity index (χ4n) is 2.53. The Balaban J connectivity index is 3.35. The van der Waals surface area contributed by atoms with Gasteiger partial charge in [0.05, 0.1) is 11.3 Å². The number of carbonyl (C=O) groups is 1. The number of rotatable bonds is 7. The van der Waals surface area contributed by atoms with Crippen molar-refractivity contribution in [3.05, 3.63) is 29.6 Å². The molecule has 3 nitrogen and oxygen atoms in total. The fraction of sp³-hybridized carbons (Fsp3) is 0.562. The van der Waals surface area contributed by atoms with Gasteiger partial charge in [-0.05, 0) is 30.9 Å². The van der Waals surface area contributed by atoms with Crippen LogP contribution in [0, 0.1) is 11.7 Å². The summed E-state index contributed by atoms with van der Waals surface area (Å²) in [5, 5.41) is 9.31. The van der Waals surface area contributed by atoms with E-state index in [1.54, 1.807) is 0 Å². The zero-order valence-electron chi connectivity index (χ0n) is 12.7. The standard InChI is InChI=1S/C16H24FNO2/c1-5-12(6-2)18(10-11(3)4)15-13(16(19)20)8-7-9-14(15)17/h7-9,11-12H,5-6,10H2,1-4H3,(H,19,20). The average molecular weight is 281 g/mol. The zero-order valence-corrected chi connectivity index (χ0v) is 12.7. The molecule has 0 saturated carbocycles. The Labute approximate surface area is 120 Å². The monoisotopic (exact) mass is 281 g/mol. The van der Waals surface area contributed by atoms with E-state index in [4.69, 9.17) is 0 Å². The summed E-state index contributed by atoms with van der Waals surface area (Å²) in [6.45, 7) is 8.84. The average Bonchev–Trinajstić information content (AvgIpc) is 2.38. The number of carboxylic acid groups (broad SMARTS) is 1. The van der Waals surface area contributed by atoms with Crippen LogP contribution in [0.15, 0.2) is 18.2 Å². The van der Waals surface area contributed by atoms with Crippen LogP contribution < -0.4 is 4.90 Å². The van der Waals surface area contributed by atoms with Crippen molar-refractivity contribution in [1.29, 1.82) is 0 Å². The molecule has 0 saturated heterocycles. The summed E-state index contributed by atoms with van der Waals surface area (Å²) in [5.41, 5.74) is 0.264. The predicted octanol–water partition coefficient (Wildman–Crippen LogP) is 4.17. The van der Waals surface area contributed by atoms with Gasteiger partial charge in [0.15, 0.2) is 0 Å². The molecule has 4 heteroatoms. The summed E-state index contributed by atoms with van der Waals surface area (Å²) in [7, 11) is 0. The molecule has 112 valence electrons.